The Balaban J connectivity index is 0.892. The molecule has 58 atom stereocenters. The maximum absolute atomic E-state index is 13.3. The van der Waals surface area contributed by atoms with E-state index in [1.807, 2.05) is 0 Å². The molecule has 0 aliphatic carbocycles. The van der Waals surface area contributed by atoms with Crippen LogP contribution >= 0.6 is 0 Å². The van der Waals surface area contributed by atoms with Crippen LogP contribution in [0.5, 0.6) is 0 Å². The van der Waals surface area contributed by atoms with Gasteiger partial charge in [-0.25, -0.2) is 0 Å². The van der Waals surface area contributed by atoms with Crippen molar-refractivity contribution in [2.45, 2.75) is 398 Å². The Morgan fingerprint density at radius 3 is 1.08 bits per heavy atom. The molecule has 0 radical (unpaired) electrons. The van der Waals surface area contributed by atoms with Gasteiger partial charge in [-0.15, -0.1) is 0 Å². The lowest BCUT2D eigenvalue weighted by atomic mass is 9.86. The van der Waals surface area contributed by atoms with Gasteiger partial charge in [0.2, 0.25) is 29.9 Å². The Kier molecular flexibility index (Phi) is 44.2. The molecule has 0 aromatic rings. The highest BCUT2D eigenvalue weighted by Crippen LogP contribution is 2.44. The van der Waals surface area contributed by atoms with Crippen molar-refractivity contribution in [1.82, 2.24) is 21.3 Å². The third kappa shape index (κ3) is 26.9. The summed E-state index contributed by atoms with van der Waals surface area (Å²) in [4.78, 5) is 76.0. The molecule has 34 N–H and O–H groups in total. The monoisotopic (exact) mass is 2130 g/mol. The fourth-order valence-corrected chi connectivity index (χ4v) is 19.3. The first-order valence-corrected chi connectivity index (χ1v) is 46.9. The van der Waals surface area contributed by atoms with E-state index in [-0.39, 0.29) is 12.9 Å². The second kappa shape index (κ2) is 53.3. The Bertz CT molecular complexity index is 4050. The maximum Gasteiger partial charge on any atom is 0.332 e. The normalized spacial score (nSPS) is 47.5. The van der Waals surface area contributed by atoms with Gasteiger partial charge in [-0.05, 0) is 6.92 Å². The molecular weight excluding hydrogens is 2000 g/mol. The van der Waals surface area contributed by atoms with Crippen molar-refractivity contribution < 1.29 is 291 Å². The lowest BCUT2D eigenvalue weighted by Crippen LogP contribution is -2.71. The van der Waals surface area contributed by atoms with Gasteiger partial charge in [-0.1, -0.05) is 13.8 Å². The lowest BCUT2D eigenvalue weighted by molar-refractivity contribution is -0.424. The quantitative estimate of drug-likeness (QED) is 0.0199. The highest BCUT2D eigenvalue weighted by molar-refractivity contribution is 5.74. The number of amides is 4. The van der Waals surface area contributed by atoms with Gasteiger partial charge >= 0.3 is 5.97 Å². The molecule has 0 spiro atoms. The molecular formula is C83H138N4O59. The Hall–Kier alpha value is -5.22. The van der Waals surface area contributed by atoms with E-state index in [1.165, 1.54) is 20.8 Å². The highest BCUT2D eigenvalue weighted by Gasteiger charge is 2.64. The molecule has 63 nitrogen and oxygen atoms in total. The maximum atomic E-state index is 13.3. The minimum atomic E-state index is -2.70. The predicted molar refractivity (Wildman–Crippen MR) is 452 cm³/mol. The predicted octanol–water partition coefficient (Wildman–Crippen LogP) is -22.6. The molecule has 0 saturated carbocycles. The standard InChI is InChI=1S/C83H138N4O59/c1-22-29(103)8-83(127-21-98,146-64(22)47(108)31(105)10-89)126-19-40-50(111)57(118)60(121)77(136-40)140-66-36(15-94)134-76(44(55(66)116)87-28(7)102)145-73-59(120)49(110)33(12-91)131-82(73)143-70-52(113)39(135-79(62(70)123)142-68-37(16-95)132-74(42(54(68)115)85-26(5)100)139-65-35(14-93)128-24(3)41(53(65)114)84-25(4)99)18-124-80-72(58(119)48(109)32(11-90)130-80)144-75-43(86-27(6)101)56(117)67(38(17-96)133-75)141-78-61(122)69(51(112)34(13-92)129-78)137-71-45(106)23(2)63(46(107)30(104)9-88)138-81(71)125-20-97/h20-24,29-82,88-96,103-123H,8-19H2,1-7H3,(H,84,99)(H,85,100)(H,86,101)(H,87,102)/t22-,23-,24+,29-,30-,31-,32?,33?,34?,35?,36?,37?,38+,39?,40?,41?,42?,43?,44?,45+,46?,47?,48-,49-,50+,51+,52-,53-,54-,55-,56?,57+,58+,59?,60?,61?,62?,63?,64?,65-,66-,67-,68-,69+,70+,71?,72?,73?,74+,75?,76+,77+,78+,79+,80+,81-,82-,83+/m1/s1. The minimum Gasteiger partial charge on any atom is -0.435 e. The van der Waals surface area contributed by atoms with Crippen molar-refractivity contribution in [1.29, 1.82) is 0 Å². The summed E-state index contributed by atoms with van der Waals surface area (Å²) in [6, 6.07) is -7.38. The van der Waals surface area contributed by atoms with Gasteiger partial charge in [-0.2, -0.15) is 0 Å². The Morgan fingerprint density at radius 1 is 0.315 bits per heavy atom. The number of carbonyl (C=O) groups is 6. The molecule has 0 bridgehead atoms. The number of ether oxygens (including phenoxy) is 23. The summed E-state index contributed by atoms with van der Waals surface area (Å²) in [5.41, 5.74) is 0. The molecule has 0 aromatic heterocycles. The van der Waals surface area contributed by atoms with Crippen molar-refractivity contribution in [3.8, 4) is 0 Å². The summed E-state index contributed by atoms with van der Waals surface area (Å²) in [7, 11) is 0. The third-order valence-corrected chi connectivity index (χ3v) is 27.3. The second-order valence-corrected chi connectivity index (χ2v) is 37.3. The minimum absolute atomic E-state index is 0.176. The Labute approximate surface area is 828 Å². The van der Waals surface area contributed by atoms with E-state index in [1.54, 1.807) is 0 Å². The van der Waals surface area contributed by atoms with Crippen molar-refractivity contribution >= 4 is 36.6 Å². The van der Waals surface area contributed by atoms with Crippen LogP contribution in [-0.2, 0) is 138 Å². The molecule has 11 aliphatic rings. The molecule has 11 saturated heterocycles. The molecule has 11 fully saturated rings. The average Bonchev–Trinajstić information content (AvgIpc) is 0.763. The topological polar surface area (TPSA) is 970 Å². The highest BCUT2D eigenvalue weighted by atomic mass is 16.9. The molecule has 11 rings (SSSR count). The molecule has 11 heterocycles. The van der Waals surface area contributed by atoms with Gasteiger partial charge in [0, 0.05) is 39.5 Å². The van der Waals surface area contributed by atoms with E-state index in [2.05, 4.69) is 21.3 Å². The van der Waals surface area contributed by atoms with E-state index < -0.39 is 458 Å². The number of hydrogen-bond donors (Lipinski definition) is 34. The molecule has 11 aliphatic heterocycles. The first-order valence-electron chi connectivity index (χ1n) is 46.9. The Morgan fingerprint density at radius 2 is 0.651 bits per heavy atom. The summed E-state index contributed by atoms with van der Waals surface area (Å²) in [6.07, 6.45) is -108. The van der Waals surface area contributed by atoms with Crippen LogP contribution in [0.3, 0.4) is 0 Å². The van der Waals surface area contributed by atoms with Gasteiger partial charge in [0.25, 0.3) is 12.9 Å². The molecule has 4 amide bonds. The van der Waals surface area contributed by atoms with Crippen LogP contribution in [0.4, 0.5) is 0 Å². The molecule has 844 valence electrons. The smallest absolute Gasteiger partial charge is 0.332 e. The fraction of sp³-hybridized carbons (Fsp3) is 0.928. The van der Waals surface area contributed by atoms with E-state index in [0.717, 1.165) is 27.7 Å². The number of aliphatic hydroxyl groups excluding tert-OH is 30. The summed E-state index contributed by atoms with van der Waals surface area (Å²) in [6.45, 7) is -5.13. The first kappa shape index (κ1) is 121. The van der Waals surface area contributed by atoms with Crippen LogP contribution in [-0.4, -0.2) is 606 Å². The zero-order valence-electron chi connectivity index (χ0n) is 79.3. The summed E-state index contributed by atoms with van der Waals surface area (Å²) in [5.74, 6) is -8.73. The van der Waals surface area contributed by atoms with Crippen molar-refractivity contribution in [3.63, 3.8) is 0 Å². The number of hydrogen-bond acceptors (Lipinski definition) is 59. The van der Waals surface area contributed by atoms with Gasteiger partial charge in [0.1, 0.15) is 244 Å². The average molecular weight is 2140 g/mol. The summed E-state index contributed by atoms with van der Waals surface area (Å²) in [5, 5.41) is 349. The largest absolute Gasteiger partial charge is 0.435 e. The first-order chi connectivity index (χ1) is 69.1. The van der Waals surface area contributed by atoms with Crippen LogP contribution in [0, 0.1) is 11.8 Å². The van der Waals surface area contributed by atoms with Crippen molar-refractivity contribution in [2.24, 2.45) is 11.8 Å². The van der Waals surface area contributed by atoms with E-state index in [0.29, 0.717) is 0 Å². The van der Waals surface area contributed by atoms with E-state index >= 15 is 0 Å². The fourth-order valence-electron chi connectivity index (χ4n) is 19.3. The van der Waals surface area contributed by atoms with Gasteiger partial charge < -0.3 is 283 Å². The number of nitrogens with one attached hydrogen (secondary N) is 4. The van der Waals surface area contributed by atoms with Crippen LogP contribution in [0.1, 0.15) is 54.9 Å². The van der Waals surface area contributed by atoms with E-state index in [9.17, 15) is 182 Å². The van der Waals surface area contributed by atoms with Crippen LogP contribution in [0.15, 0.2) is 0 Å². The molecule has 63 heteroatoms. The summed E-state index contributed by atoms with van der Waals surface area (Å²) >= 11 is 0. The third-order valence-electron chi connectivity index (χ3n) is 27.3. The summed E-state index contributed by atoms with van der Waals surface area (Å²) < 4.78 is 137. The van der Waals surface area contributed by atoms with Crippen LogP contribution in [0.25, 0.3) is 0 Å². The van der Waals surface area contributed by atoms with E-state index in [4.69, 9.17) is 109 Å². The molecule has 146 heavy (non-hydrogen) atoms. The molecule has 25 unspecified atom stereocenters. The zero-order chi connectivity index (χ0) is 108. The van der Waals surface area contributed by atoms with Crippen LogP contribution in [0.2, 0.25) is 0 Å². The van der Waals surface area contributed by atoms with Gasteiger partial charge in [-0.3, -0.25) is 28.8 Å². The lowest BCUT2D eigenvalue weighted by Gasteiger charge is -2.51. The number of rotatable bonds is 43. The van der Waals surface area contributed by atoms with Crippen molar-refractivity contribution in [3.05, 3.63) is 0 Å². The van der Waals surface area contributed by atoms with Gasteiger partial charge in [0.15, 0.2) is 50.3 Å². The number of carbonyl (C=O) groups excluding carboxylic acids is 6. The SMILES string of the molecule is CC(=O)NC1C(OC2[C@@H](OCC3O[C@@H](O[C@@H]4C(CO)O[C@@H](O[C@@H]5C(CO)O[C@@H](C)C(NC(C)=O)[C@H]5O)C(NC(C)=O)[C@H]4O)C(O)[C@@H](O[C@H]4OC(CO)[C@@H](O)C(O)C4O[C@@H]4OC(CO)[C@@H](O[C@@H]5OC(CO[C@]6(OC=O)C[C@@H](O)[C@@H](C)C(C(O)[C@H](O)CO)O6)[C@H](O)[C@H](O)C5O)[C@H](O)C4NC(C)=O)[C@@H]3O)OC(CO)[C@@H](O)[C@@H]2O)O[C@@H](CO)[C@@H](O[C@@H]2OC(CO)[C@H](O)[C@H](OC3[C@H](OC=O)OC(C(O)[C@H](O)CO)[C@H](C)[C@@H]3O)C2O)C1O. The zero-order valence-corrected chi connectivity index (χ0v) is 79.3. The number of aliphatic hydroxyl groups is 30. The molecule has 0 aromatic carbocycles. The second-order valence-electron chi connectivity index (χ2n) is 37.3. The van der Waals surface area contributed by atoms with Gasteiger partial charge in [0.05, 0.1) is 116 Å². The van der Waals surface area contributed by atoms with Crippen molar-refractivity contribution in [2.75, 3.05) is 72.7 Å². The van der Waals surface area contributed by atoms with Crippen LogP contribution < -0.4 is 21.3 Å².